The summed E-state index contributed by atoms with van der Waals surface area (Å²) in [7, 11) is -8.67. The second kappa shape index (κ2) is 5.25. The molecule has 112 valence electrons. The summed E-state index contributed by atoms with van der Waals surface area (Å²) < 4.78 is 57.3. The Bertz CT molecular complexity index is 897. The van der Waals surface area contributed by atoms with Gasteiger partial charge >= 0.3 is 0 Å². The molecule has 0 fully saturated rings. The van der Waals surface area contributed by atoms with Gasteiger partial charge in [0.2, 0.25) is 9.84 Å². The highest BCUT2D eigenvalue weighted by Crippen LogP contribution is 2.28. The molecule has 0 bridgehead atoms. The van der Waals surface area contributed by atoms with E-state index in [4.69, 9.17) is 0 Å². The third-order valence-corrected chi connectivity index (χ3v) is 5.80. The van der Waals surface area contributed by atoms with Crippen molar-refractivity contribution in [3.63, 3.8) is 0 Å². The van der Waals surface area contributed by atoms with Crippen LogP contribution in [0.3, 0.4) is 0 Å². The van der Waals surface area contributed by atoms with E-state index in [1.165, 1.54) is 24.3 Å². The van der Waals surface area contributed by atoms with Gasteiger partial charge in [0, 0.05) is 0 Å². The first-order valence-electron chi connectivity index (χ1n) is 6.02. The molecule has 7 heteroatoms. The van der Waals surface area contributed by atoms with Crippen molar-refractivity contribution in [3.8, 4) is 0 Å². The molecule has 0 unspecified atom stereocenters. The lowest BCUT2D eigenvalue weighted by atomic mass is 10.2. The molecule has 0 saturated heterocycles. The van der Waals surface area contributed by atoms with Gasteiger partial charge in [-0.1, -0.05) is 18.2 Å². The van der Waals surface area contributed by atoms with E-state index in [1.54, 1.807) is 26.0 Å². The maximum absolute atomic E-state index is 12.6. The minimum atomic E-state index is -4.63. The molecule has 21 heavy (non-hydrogen) atoms. The predicted molar refractivity (Wildman–Crippen MR) is 77.6 cm³/mol. The lowest BCUT2D eigenvalue weighted by Crippen LogP contribution is -2.10. The van der Waals surface area contributed by atoms with Crippen LogP contribution in [-0.2, 0) is 20.0 Å². The van der Waals surface area contributed by atoms with Gasteiger partial charge in [-0.05, 0) is 49.2 Å². The van der Waals surface area contributed by atoms with Gasteiger partial charge in [-0.3, -0.25) is 4.55 Å². The zero-order valence-corrected chi connectivity index (χ0v) is 13.1. The number of hydrogen-bond acceptors (Lipinski definition) is 4. The van der Waals surface area contributed by atoms with Crippen molar-refractivity contribution < 1.29 is 21.4 Å². The van der Waals surface area contributed by atoms with Crippen LogP contribution in [0, 0.1) is 13.8 Å². The fraction of sp³-hybridized carbons (Fsp3) is 0.143. The van der Waals surface area contributed by atoms with Crippen LogP contribution in [0.1, 0.15) is 11.1 Å². The van der Waals surface area contributed by atoms with Gasteiger partial charge in [0.25, 0.3) is 10.1 Å². The van der Waals surface area contributed by atoms with Gasteiger partial charge in [-0.25, -0.2) is 8.42 Å². The van der Waals surface area contributed by atoms with E-state index < -0.39 is 29.7 Å². The molecule has 0 aliphatic heterocycles. The molecule has 0 amide bonds. The van der Waals surface area contributed by atoms with Crippen LogP contribution in [0.5, 0.6) is 0 Å². The van der Waals surface area contributed by atoms with Crippen molar-refractivity contribution in [1.29, 1.82) is 0 Å². The van der Waals surface area contributed by atoms with Gasteiger partial charge in [0.15, 0.2) is 0 Å². The van der Waals surface area contributed by atoms with E-state index in [1.807, 2.05) is 0 Å². The molecule has 0 aromatic heterocycles. The molecule has 5 nitrogen and oxygen atoms in total. The normalized spacial score (nSPS) is 12.3. The van der Waals surface area contributed by atoms with E-state index in [2.05, 4.69) is 0 Å². The summed E-state index contributed by atoms with van der Waals surface area (Å²) in [6, 6.07) is 9.90. The van der Waals surface area contributed by atoms with Gasteiger partial charge in [-0.15, -0.1) is 0 Å². The summed E-state index contributed by atoms with van der Waals surface area (Å²) >= 11 is 0. The van der Waals surface area contributed by atoms with Crippen molar-refractivity contribution in [3.05, 3.63) is 53.6 Å². The molecule has 2 aromatic rings. The van der Waals surface area contributed by atoms with Crippen molar-refractivity contribution in [2.75, 3.05) is 0 Å². The highest BCUT2D eigenvalue weighted by Gasteiger charge is 2.27. The molecule has 0 radical (unpaired) electrons. The lowest BCUT2D eigenvalue weighted by Gasteiger charge is -2.10. The summed E-state index contributed by atoms with van der Waals surface area (Å²) in [6.45, 7) is 3.38. The largest absolute Gasteiger partial charge is 0.295 e. The Morgan fingerprint density at radius 3 is 2.00 bits per heavy atom. The predicted octanol–water partition coefficient (Wildman–Crippen LogP) is 2.38. The van der Waals surface area contributed by atoms with Crippen molar-refractivity contribution in [1.82, 2.24) is 0 Å². The van der Waals surface area contributed by atoms with E-state index in [0.717, 1.165) is 11.6 Å². The second-order valence-corrected chi connectivity index (χ2v) is 8.05. The van der Waals surface area contributed by atoms with Gasteiger partial charge in [-0.2, -0.15) is 8.42 Å². The summed E-state index contributed by atoms with van der Waals surface area (Å²) in [4.78, 5) is -1.05. The average molecular weight is 326 g/mol. The summed E-state index contributed by atoms with van der Waals surface area (Å²) in [5.74, 6) is 0. The van der Waals surface area contributed by atoms with Crippen molar-refractivity contribution in [2.24, 2.45) is 0 Å². The number of sulfone groups is 1. The molecule has 0 aliphatic rings. The summed E-state index contributed by atoms with van der Waals surface area (Å²) in [5.41, 5.74) is 1.31. The molecule has 1 N–H and O–H groups in total. The number of hydrogen-bond donors (Lipinski definition) is 1. The minimum absolute atomic E-state index is 0.0157. The Morgan fingerprint density at radius 2 is 1.43 bits per heavy atom. The minimum Gasteiger partial charge on any atom is -0.282 e. The van der Waals surface area contributed by atoms with Crippen LogP contribution in [-0.4, -0.2) is 21.4 Å². The first-order chi connectivity index (χ1) is 9.62. The Kier molecular flexibility index (Phi) is 3.92. The van der Waals surface area contributed by atoms with Crippen LogP contribution in [0.25, 0.3) is 0 Å². The molecule has 0 saturated carbocycles. The third-order valence-electron chi connectivity index (χ3n) is 2.97. The molecule has 0 spiro atoms. The lowest BCUT2D eigenvalue weighted by molar-refractivity contribution is 0.479. The highest BCUT2D eigenvalue weighted by atomic mass is 32.2. The van der Waals surface area contributed by atoms with Crippen LogP contribution >= 0.6 is 0 Å². The number of benzene rings is 2. The van der Waals surface area contributed by atoms with Crippen LogP contribution in [0.15, 0.2) is 57.2 Å². The highest BCUT2D eigenvalue weighted by molar-refractivity contribution is 7.92. The average Bonchev–Trinajstić information content (AvgIpc) is 2.37. The van der Waals surface area contributed by atoms with Crippen LogP contribution < -0.4 is 0 Å². The molecule has 2 aromatic carbocycles. The molecule has 0 heterocycles. The number of aryl methyl sites for hydroxylation is 2. The first kappa shape index (κ1) is 15.7. The van der Waals surface area contributed by atoms with Crippen molar-refractivity contribution >= 4 is 20.0 Å². The Labute approximate surface area is 123 Å². The maximum Gasteiger partial charge on any atom is 0.295 e. The molecular formula is C14H14O5S2. The number of rotatable bonds is 3. The Morgan fingerprint density at radius 1 is 0.810 bits per heavy atom. The van der Waals surface area contributed by atoms with Crippen LogP contribution in [0.4, 0.5) is 0 Å². The SMILES string of the molecule is Cc1cccc(S(=O)(=O)c2cc(C)ccc2S(=O)(=O)O)c1. The quantitative estimate of drug-likeness (QED) is 0.875. The van der Waals surface area contributed by atoms with Crippen LogP contribution in [0.2, 0.25) is 0 Å². The van der Waals surface area contributed by atoms with Gasteiger partial charge < -0.3 is 0 Å². The Hall–Kier alpha value is -1.70. The summed E-state index contributed by atoms with van der Waals surface area (Å²) in [6.07, 6.45) is 0. The molecule has 0 aliphatic carbocycles. The van der Waals surface area contributed by atoms with E-state index in [0.29, 0.717) is 5.56 Å². The fourth-order valence-electron chi connectivity index (χ4n) is 1.95. The zero-order valence-electron chi connectivity index (χ0n) is 11.4. The van der Waals surface area contributed by atoms with Gasteiger partial charge in [0.1, 0.15) is 4.90 Å². The molecular weight excluding hydrogens is 312 g/mol. The fourth-order valence-corrected chi connectivity index (χ4v) is 4.67. The van der Waals surface area contributed by atoms with E-state index in [-0.39, 0.29) is 4.90 Å². The monoisotopic (exact) mass is 326 g/mol. The zero-order chi connectivity index (χ0) is 15.8. The third kappa shape index (κ3) is 3.15. The topological polar surface area (TPSA) is 88.5 Å². The first-order valence-corrected chi connectivity index (χ1v) is 8.94. The second-order valence-electron chi connectivity index (χ2n) is 4.75. The van der Waals surface area contributed by atoms with E-state index >= 15 is 0 Å². The standard InChI is InChI=1S/C14H14O5S2/c1-10-4-3-5-12(8-10)20(15,16)14-9-11(2)6-7-13(14)21(17,18)19/h3-9H,1-2H3,(H,17,18,19). The smallest absolute Gasteiger partial charge is 0.282 e. The molecule has 0 atom stereocenters. The maximum atomic E-state index is 12.6. The van der Waals surface area contributed by atoms with E-state index in [9.17, 15) is 21.4 Å². The molecule has 2 rings (SSSR count). The summed E-state index contributed by atoms with van der Waals surface area (Å²) in [5, 5.41) is 0. The Balaban J connectivity index is 2.80. The van der Waals surface area contributed by atoms with Gasteiger partial charge in [0.05, 0.1) is 9.79 Å². The van der Waals surface area contributed by atoms with Crippen molar-refractivity contribution in [2.45, 2.75) is 28.5 Å².